The van der Waals surface area contributed by atoms with Crippen LogP contribution >= 0.6 is 0 Å². The smallest absolute Gasteiger partial charge is 0.407 e. The van der Waals surface area contributed by atoms with Crippen molar-refractivity contribution in [2.24, 2.45) is 5.92 Å². The maximum absolute atomic E-state index is 12.8. The van der Waals surface area contributed by atoms with Crippen LogP contribution in [-0.2, 0) is 14.3 Å². The van der Waals surface area contributed by atoms with Gasteiger partial charge in [-0.15, -0.1) is 0 Å². The quantitative estimate of drug-likeness (QED) is 0.541. The van der Waals surface area contributed by atoms with Gasteiger partial charge in [0.1, 0.15) is 19.7 Å². The van der Waals surface area contributed by atoms with Gasteiger partial charge < -0.3 is 20.1 Å². The molecule has 1 aliphatic rings. The molecule has 0 saturated heterocycles. The molecule has 0 aromatic heterocycles. The minimum Gasteiger partial charge on any atom is -0.480 e. The first kappa shape index (κ1) is 26.1. The summed E-state index contributed by atoms with van der Waals surface area (Å²) in [6.07, 6.45) is -6.05. The molecule has 0 heterocycles. The molecule has 2 aromatic rings. The number of aliphatic carboxylic acids is 1. The maximum Gasteiger partial charge on any atom is 0.407 e. The summed E-state index contributed by atoms with van der Waals surface area (Å²) in [7, 11) is 0. The zero-order chi connectivity index (χ0) is 25.8. The summed E-state index contributed by atoms with van der Waals surface area (Å²) in [5.74, 6) is -3.09. The number of alkyl carbamates (subject to hydrolysis) is 1. The molecule has 10 heteroatoms. The summed E-state index contributed by atoms with van der Waals surface area (Å²) in [5, 5.41) is 11.4. The summed E-state index contributed by atoms with van der Waals surface area (Å²) >= 11 is 0. The number of rotatable bonds is 9. The van der Waals surface area contributed by atoms with E-state index in [1.165, 1.54) is 0 Å². The second kappa shape index (κ2) is 10.8. The average molecular weight is 492 g/mol. The zero-order valence-electron chi connectivity index (χ0n) is 19.3. The van der Waals surface area contributed by atoms with Gasteiger partial charge in [-0.3, -0.25) is 9.59 Å². The minimum absolute atomic E-state index is 0.0395. The number of hydrogen-bond donors (Lipinski definition) is 2. The monoisotopic (exact) mass is 492 g/mol. The number of carboxylic acids is 1. The number of nitrogens with zero attached hydrogens (tertiary/aromatic N) is 1. The Morgan fingerprint density at radius 3 is 2.06 bits per heavy atom. The SMILES string of the molecule is CC(C)[C@H](CC(=O)N(CC(=O)O)CC(F)(F)F)NC(=O)OCC1c2ccccc2-c2ccccc21. The van der Waals surface area contributed by atoms with Crippen molar-refractivity contribution in [2.75, 3.05) is 19.7 Å². The molecule has 2 amide bonds. The minimum atomic E-state index is -4.75. The second-order valence-corrected chi connectivity index (χ2v) is 8.78. The summed E-state index contributed by atoms with van der Waals surface area (Å²) in [6.45, 7) is 0.639. The highest BCUT2D eigenvalue weighted by molar-refractivity contribution is 5.82. The summed E-state index contributed by atoms with van der Waals surface area (Å²) < 4.78 is 43.9. The Hall–Kier alpha value is -3.56. The molecule has 1 atom stereocenters. The highest BCUT2D eigenvalue weighted by atomic mass is 19.4. The fraction of sp³-hybridized carbons (Fsp3) is 0.400. The van der Waals surface area contributed by atoms with Crippen LogP contribution in [0.1, 0.15) is 37.3 Å². The molecule has 188 valence electrons. The molecule has 0 aliphatic heterocycles. The number of alkyl halides is 3. The zero-order valence-corrected chi connectivity index (χ0v) is 19.3. The van der Waals surface area contributed by atoms with Gasteiger partial charge in [0.2, 0.25) is 5.91 Å². The Morgan fingerprint density at radius 1 is 1.03 bits per heavy atom. The molecule has 2 aromatic carbocycles. The standard InChI is InChI=1S/C25H27F3N2O5/c1-15(2)21(11-22(31)30(12-23(32)33)14-25(26,27)28)29-24(34)35-13-20-18-9-5-3-7-16(18)17-8-4-6-10-19(17)20/h3-10,15,20-21H,11-14H2,1-2H3,(H,29,34)(H,32,33)/t21-/m0/s1. The predicted octanol–water partition coefficient (Wildman–Crippen LogP) is 4.42. The number of amides is 2. The first-order valence-electron chi connectivity index (χ1n) is 11.1. The van der Waals surface area contributed by atoms with Gasteiger partial charge >= 0.3 is 18.2 Å². The number of fused-ring (bicyclic) bond motifs is 3. The second-order valence-electron chi connectivity index (χ2n) is 8.78. The number of ether oxygens (including phenoxy) is 1. The van der Waals surface area contributed by atoms with Gasteiger partial charge in [-0.2, -0.15) is 13.2 Å². The van der Waals surface area contributed by atoms with Crippen LogP contribution in [0, 0.1) is 5.92 Å². The van der Waals surface area contributed by atoms with Crippen LogP contribution in [0.15, 0.2) is 48.5 Å². The fourth-order valence-electron chi connectivity index (χ4n) is 4.17. The van der Waals surface area contributed by atoms with E-state index in [4.69, 9.17) is 9.84 Å². The summed E-state index contributed by atoms with van der Waals surface area (Å²) in [4.78, 5) is 36.2. The normalized spacial score (nSPS) is 13.7. The molecule has 7 nitrogen and oxygen atoms in total. The van der Waals surface area contributed by atoms with Crippen LogP contribution in [0.2, 0.25) is 0 Å². The van der Waals surface area contributed by atoms with Gasteiger partial charge in [0.05, 0.1) is 0 Å². The van der Waals surface area contributed by atoms with Crippen molar-refractivity contribution in [3.05, 3.63) is 59.7 Å². The molecule has 0 spiro atoms. The third kappa shape index (κ3) is 6.74. The van der Waals surface area contributed by atoms with Gasteiger partial charge in [0, 0.05) is 18.4 Å². The molecular formula is C25H27F3N2O5. The molecule has 0 saturated carbocycles. The number of benzene rings is 2. The van der Waals surface area contributed by atoms with Gasteiger partial charge in [-0.05, 0) is 28.2 Å². The lowest BCUT2D eigenvalue weighted by atomic mass is 9.98. The molecule has 1 aliphatic carbocycles. The van der Waals surface area contributed by atoms with Crippen LogP contribution < -0.4 is 5.32 Å². The fourth-order valence-corrected chi connectivity index (χ4v) is 4.17. The van der Waals surface area contributed by atoms with E-state index >= 15 is 0 Å². The van der Waals surface area contributed by atoms with Crippen molar-refractivity contribution < 1.29 is 37.4 Å². The number of halogens is 3. The van der Waals surface area contributed by atoms with E-state index in [1.807, 2.05) is 48.5 Å². The highest BCUT2D eigenvalue weighted by Gasteiger charge is 2.35. The molecule has 2 N–H and O–H groups in total. The number of carbonyl (C=O) groups is 3. The third-order valence-corrected chi connectivity index (χ3v) is 5.90. The van der Waals surface area contributed by atoms with Gasteiger partial charge in [0.15, 0.2) is 0 Å². The summed E-state index contributed by atoms with van der Waals surface area (Å²) in [5.41, 5.74) is 4.17. The molecule has 0 bridgehead atoms. The number of carboxylic acid groups (broad SMARTS) is 1. The van der Waals surface area contributed by atoms with Crippen LogP contribution in [-0.4, -0.2) is 59.9 Å². The Labute approximate surface area is 200 Å². The molecule has 0 radical (unpaired) electrons. The van der Waals surface area contributed by atoms with Crippen molar-refractivity contribution in [3.63, 3.8) is 0 Å². The van der Waals surface area contributed by atoms with Crippen LogP contribution in [0.4, 0.5) is 18.0 Å². The molecular weight excluding hydrogens is 465 g/mol. The van der Waals surface area contributed by atoms with E-state index in [9.17, 15) is 27.6 Å². The predicted molar refractivity (Wildman–Crippen MR) is 122 cm³/mol. The Bertz CT molecular complexity index is 1040. The van der Waals surface area contributed by atoms with E-state index in [0.29, 0.717) is 0 Å². The molecule has 0 fully saturated rings. The topological polar surface area (TPSA) is 95.9 Å². The first-order valence-corrected chi connectivity index (χ1v) is 11.1. The highest BCUT2D eigenvalue weighted by Crippen LogP contribution is 2.44. The Morgan fingerprint density at radius 2 is 1.57 bits per heavy atom. The van der Waals surface area contributed by atoms with Crippen LogP contribution in [0.25, 0.3) is 11.1 Å². The lowest BCUT2D eigenvalue weighted by Crippen LogP contribution is -2.47. The largest absolute Gasteiger partial charge is 0.480 e. The Balaban J connectivity index is 1.64. The van der Waals surface area contributed by atoms with E-state index < -0.39 is 49.7 Å². The lowest BCUT2D eigenvalue weighted by Gasteiger charge is -2.27. The lowest BCUT2D eigenvalue weighted by molar-refractivity contribution is -0.166. The van der Waals surface area contributed by atoms with E-state index in [2.05, 4.69) is 5.32 Å². The first-order chi connectivity index (χ1) is 16.5. The average Bonchev–Trinajstić information content (AvgIpc) is 3.09. The van der Waals surface area contributed by atoms with Crippen molar-refractivity contribution in [1.29, 1.82) is 0 Å². The van der Waals surface area contributed by atoms with Crippen molar-refractivity contribution in [3.8, 4) is 11.1 Å². The van der Waals surface area contributed by atoms with Crippen molar-refractivity contribution in [2.45, 2.75) is 38.4 Å². The van der Waals surface area contributed by atoms with E-state index in [-0.39, 0.29) is 23.3 Å². The van der Waals surface area contributed by atoms with Crippen LogP contribution in [0.3, 0.4) is 0 Å². The number of nitrogens with one attached hydrogen (secondary N) is 1. The van der Waals surface area contributed by atoms with E-state index in [0.717, 1.165) is 22.3 Å². The molecule has 0 unspecified atom stereocenters. The molecule has 3 rings (SSSR count). The Kier molecular flexibility index (Phi) is 8.03. The number of hydrogen-bond acceptors (Lipinski definition) is 4. The third-order valence-electron chi connectivity index (χ3n) is 5.90. The summed E-state index contributed by atoms with van der Waals surface area (Å²) in [6, 6.07) is 14.8. The van der Waals surface area contributed by atoms with Gasteiger partial charge in [0.25, 0.3) is 0 Å². The number of carbonyl (C=O) groups excluding carboxylic acids is 2. The van der Waals surface area contributed by atoms with Crippen molar-refractivity contribution in [1.82, 2.24) is 10.2 Å². The van der Waals surface area contributed by atoms with Crippen molar-refractivity contribution >= 4 is 18.0 Å². The van der Waals surface area contributed by atoms with Gasteiger partial charge in [-0.1, -0.05) is 62.4 Å². The maximum atomic E-state index is 12.8. The molecule has 35 heavy (non-hydrogen) atoms. The van der Waals surface area contributed by atoms with Crippen LogP contribution in [0.5, 0.6) is 0 Å². The van der Waals surface area contributed by atoms with E-state index in [1.54, 1.807) is 13.8 Å². The van der Waals surface area contributed by atoms with Gasteiger partial charge in [-0.25, -0.2) is 4.79 Å².